The van der Waals surface area contributed by atoms with E-state index >= 15 is 0 Å². The molecule has 0 spiro atoms. The number of nitriles is 1. The topological polar surface area (TPSA) is 89.8 Å². The van der Waals surface area contributed by atoms with Gasteiger partial charge < -0.3 is 10.5 Å². The van der Waals surface area contributed by atoms with Crippen molar-refractivity contribution in [3.05, 3.63) is 60.3 Å². The summed E-state index contributed by atoms with van der Waals surface area (Å²) in [4.78, 5) is 4.44. The second kappa shape index (κ2) is 6.64. The minimum atomic E-state index is 0.223. The van der Waals surface area contributed by atoms with E-state index in [0.717, 1.165) is 46.1 Å². The lowest BCUT2D eigenvalue weighted by Crippen LogP contribution is -2.02. The highest BCUT2D eigenvalue weighted by atomic mass is 16.5. The number of hydrogen-bond acceptors (Lipinski definition) is 5. The van der Waals surface area contributed by atoms with Gasteiger partial charge in [0.05, 0.1) is 23.5 Å². The summed E-state index contributed by atoms with van der Waals surface area (Å²) in [6.45, 7) is 0. The molecule has 2 aromatic carbocycles. The van der Waals surface area contributed by atoms with Crippen LogP contribution < -0.4 is 10.5 Å². The Morgan fingerprint density at radius 3 is 2.76 bits per heavy atom. The molecular formula is C23H19N5O. The van der Waals surface area contributed by atoms with E-state index in [0.29, 0.717) is 17.1 Å². The summed E-state index contributed by atoms with van der Waals surface area (Å²) in [5, 5.41) is 15.4. The van der Waals surface area contributed by atoms with Crippen molar-refractivity contribution in [1.29, 1.82) is 5.26 Å². The van der Waals surface area contributed by atoms with Gasteiger partial charge in [0.1, 0.15) is 23.2 Å². The summed E-state index contributed by atoms with van der Waals surface area (Å²) in [7, 11) is 1.88. The Morgan fingerprint density at radius 1 is 1.14 bits per heavy atom. The third kappa shape index (κ3) is 3.07. The van der Waals surface area contributed by atoms with Gasteiger partial charge in [-0.05, 0) is 42.7 Å². The molecule has 29 heavy (non-hydrogen) atoms. The van der Waals surface area contributed by atoms with E-state index in [1.165, 1.54) is 0 Å². The molecule has 1 fully saturated rings. The fourth-order valence-electron chi connectivity index (χ4n) is 3.58. The number of pyridine rings is 1. The highest BCUT2D eigenvalue weighted by molar-refractivity contribution is 5.90. The number of ether oxygens (including phenoxy) is 1. The van der Waals surface area contributed by atoms with Gasteiger partial charge in [-0.3, -0.25) is 4.68 Å². The molecule has 4 aromatic rings. The molecule has 1 aliphatic carbocycles. The summed E-state index contributed by atoms with van der Waals surface area (Å²) in [6.07, 6.45) is 4.12. The summed E-state index contributed by atoms with van der Waals surface area (Å²) in [5.74, 6) is 1.12. The van der Waals surface area contributed by atoms with E-state index in [1.54, 1.807) is 10.7 Å². The Balaban J connectivity index is 1.67. The number of nitrogen functional groups attached to an aromatic ring is 1. The lowest BCUT2D eigenvalue weighted by atomic mass is 9.97. The van der Waals surface area contributed by atoms with Gasteiger partial charge in [0.2, 0.25) is 0 Å². The second-order valence-corrected chi connectivity index (χ2v) is 7.28. The van der Waals surface area contributed by atoms with Crippen LogP contribution in [0.3, 0.4) is 0 Å². The lowest BCUT2D eigenvalue weighted by Gasteiger charge is -2.13. The standard InChI is InChI=1S/C23H19N5O/c1-28-23(17-3-2-4-21(18(17)12-24)29-16-8-9-16)19(13-26-28)15-6-5-14-7-10-22(25)27-20(14)11-15/h2-7,10-11,13,16H,8-9H2,1H3,(H2,25,27). The van der Waals surface area contributed by atoms with Gasteiger partial charge in [-0.2, -0.15) is 10.4 Å². The van der Waals surface area contributed by atoms with Crippen molar-refractivity contribution >= 4 is 16.7 Å². The summed E-state index contributed by atoms with van der Waals surface area (Å²) >= 11 is 0. The number of hydrogen-bond donors (Lipinski definition) is 1. The summed E-state index contributed by atoms with van der Waals surface area (Å²) in [5.41, 5.74) is 10.8. The minimum absolute atomic E-state index is 0.223. The largest absolute Gasteiger partial charge is 0.489 e. The zero-order chi connectivity index (χ0) is 20.0. The van der Waals surface area contributed by atoms with Crippen LogP contribution in [-0.2, 0) is 7.05 Å². The molecule has 0 atom stereocenters. The number of fused-ring (bicyclic) bond motifs is 1. The number of benzene rings is 2. The highest BCUT2D eigenvalue weighted by Crippen LogP contribution is 2.38. The third-order valence-electron chi connectivity index (χ3n) is 5.17. The van der Waals surface area contributed by atoms with E-state index in [-0.39, 0.29) is 6.10 Å². The van der Waals surface area contributed by atoms with Crippen LogP contribution in [0.5, 0.6) is 5.75 Å². The summed E-state index contributed by atoms with van der Waals surface area (Å²) < 4.78 is 7.76. The molecule has 2 heterocycles. The zero-order valence-electron chi connectivity index (χ0n) is 16.0. The van der Waals surface area contributed by atoms with Gasteiger partial charge in [0, 0.05) is 23.6 Å². The van der Waals surface area contributed by atoms with Crippen LogP contribution in [0.25, 0.3) is 33.3 Å². The van der Waals surface area contributed by atoms with Crippen LogP contribution in [0, 0.1) is 11.3 Å². The molecule has 1 aliphatic rings. The normalized spacial score (nSPS) is 13.4. The van der Waals surface area contributed by atoms with E-state index < -0.39 is 0 Å². The van der Waals surface area contributed by atoms with Crippen LogP contribution in [0.15, 0.2) is 54.7 Å². The number of nitrogens with zero attached hydrogens (tertiary/aromatic N) is 4. The number of aromatic nitrogens is 3. The van der Waals surface area contributed by atoms with Crippen LogP contribution in [-0.4, -0.2) is 20.9 Å². The molecule has 0 bridgehead atoms. The van der Waals surface area contributed by atoms with Crippen molar-refractivity contribution in [2.45, 2.75) is 18.9 Å². The number of aryl methyl sites for hydroxylation is 1. The fourth-order valence-corrected chi connectivity index (χ4v) is 3.58. The molecule has 5 rings (SSSR count). The molecule has 6 heteroatoms. The molecule has 0 aliphatic heterocycles. The van der Waals surface area contributed by atoms with E-state index in [2.05, 4.69) is 16.2 Å². The van der Waals surface area contributed by atoms with Gasteiger partial charge >= 0.3 is 0 Å². The maximum absolute atomic E-state index is 9.87. The molecule has 6 nitrogen and oxygen atoms in total. The first kappa shape index (κ1) is 17.3. The van der Waals surface area contributed by atoms with Gasteiger partial charge in [0.25, 0.3) is 0 Å². The highest BCUT2D eigenvalue weighted by Gasteiger charge is 2.26. The Bertz CT molecular complexity index is 1280. The van der Waals surface area contributed by atoms with E-state index in [1.807, 2.05) is 55.7 Å². The van der Waals surface area contributed by atoms with Crippen molar-refractivity contribution in [2.24, 2.45) is 7.05 Å². The van der Waals surface area contributed by atoms with Crippen molar-refractivity contribution in [3.63, 3.8) is 0 Å². The number of nitrogens with two attached hydrogens (primary N) is 1. The first-order chi connectivity index (χ1) is 14.1. The van der Waals surface area contributed by atoms with Crippen LogP contribution in [0.4, 0.5) is 5.82 Å². The van der Waals surface area contributed by atoms with Crippen LogP contribution in [0.1, 0.15) is 18.4 Å². The second-order valence-electron chi connectivity index (χ2n) is 7.28. The quantitative estimate of drug-likeness (QED) is 0.569. The molecular weight excluding hydrogens is 362 g/mol. The molecule has 0 radical (unpaired) electrons. The Hall–Kier alpha value is -3.85. The average Bonchev–Trinajstić information content (AvgIpc) is 3.46. The molecule has 0 amide bonds. The molecule has 142 valence electrons. The number of anilines is 1. The van der Waals surface area contributed by atoms with Gasteiger partial charge in [-0.15, -0.1) is 0 Å². The van der Waals surface area contributed by atoms with Crippen molar-refractivity contribution < 1.29 is 4.74 Å². The smallest absolute Gasteiger partial charge is 0.138 e. The van der Waals surface area contributed by atoms with Crippen molar-refractivity contribution in [2.75, 3.05) is 5.73 Å². The Kier molecular flexibility index (Phi) is 3.95. The lowest BCUT2D eigenvalue weighted by molar-refractivity contribution is 0.302. The first-order valence-electron chi connectivity index (χ1n) is 9.53. The van der Waals surface area contributed by atoms with Gasteiger partial charge in [0.15, 0.2) is 0 Å². The zero-order valence-corrected chi connectivity index (χ0v) is 16.0. The molecule has 0 unspecified atom stereocenters. The molecule has 2 aromatic heterocycles. The van der Waals surface area contributed by atoms with Crippen molar-refractivity contribution in [3.8, 4) is 34.2 Å². The number of rotatable bonds is 4. The van der Waals surface area contributed by atoms with E-state index in [9.17, 15) is 5.26 Å². The first-order valence-corrected chi connectivity index (χ1v) is 9.53. The molecule has 2 N–H and O–H groups in total. The van der Waals surface area contributed by atoms with Crippen LogP contribution >= 0.6 is 0 Å². The molecule has 0 saturated heterocycles. The molecule has 1 saturated carbocycles. The monoisotopic (exact) mass is 381 g/mol. The Labute approximate surface area is 168 Å². The van der Waals surface area contributed by atoms with Gasteiger partial charge in [-0.25, -0.2) is 4.98 Å². The predicted molar refractivity (Wildman–Crippen MR) is 112 cm³/mol. The Morgan fingerprint density at radius 2 is 1.97 bits per heavy atom. The third-order valence-corrected chi connectivity index (χ3v) is 5.17. The van der Waals surface area contributed by atoms with Gasteiger partial charge in [-0.1, -0.05) is 24.3 Å². The van der Waals surface area contributed by atoms with Crippen LogP contribution in [0.2, 0.25) is 0 Å². The average molecular weight is 381 g/mol. The van der Waals surface area contributed by atoms with E-state index in [4.69, 9.17) is 10.5 Å². The summed E-state index contributed by atoms with van der Waals surface area (Å²) in [6, 6.07) is 17.9. The van der Waals surface area contributed by atoms with Crippen molar-refractivity contribution in [1.82, 2.24) is 14.8 Å². The maximum Gasteiger partial charge on any atom is 0.138 e. The predicted octanol–water partition coefficient (Wildman–Crippen LogP) is 4.30. The SMILES string of the molecule is Cn1ncc(-c2ccc3ccc(N)nc3c2)c1-c1cccc(OC2CC2)c1C#N. The fraction of sp³-hybridized carbons (Fsp3) is 0.174. The minimum Gasteiger partial charge on any atom is -0.489 e. The maximum atomic E-state index is 9.87.